The van der Waals surface area contributed by atoms with E-state index in [-0.39, 0.29) is 12.1 Å². The molecule has 0 aromatic rings. The topological polar surface area (TPSA) is 32.3 Å². The van der Waals surface area contributed by atoms with Crippen molar-refractivity contribution in [2.24, 2.45) is 5.92 Å². The summed E-state index contributed by atoms with van der Waals surface area (Å²) in [5, 5.41) is 13.7. The average molecular weight is 245 g/mol. The van der Waals surface area contributed by atoms with Crippen LogP contribution in [0.25, 0.3) is 0 Å². The maximum Gasteiger partial charge on any atom is 0.0611 e. The van der Waals surface area contributed by atoms with Crippen LogP contribution in [0.1, 0.15) is 47.0 Å². The van der Waals surface area contributed by atoms with Crippen LogP contribution in [0.5, 0.6) is 0 Å². The minimum Gasteiger partial charge on any atom is -0.394 e. The van der Waals surface area contributed by atoms with Crippen LogP contribution in [0.15, 0.2) is 0 Å². The van der Waals surface area contributed by atoms with E-state index in [0.717, 1.165) is 12.3 Å². The predicted molar refractivity (Wildman–Crippen MR) is 73.0 cm³/mol. The van der Waals surface area contributed by atoms with E-state index in [0.29, 0.717) is 11.3 Å². The Hall–Kier alpha value is 0.270. The van der Waals surface area contributed by atoms with Crippen molar-refractivity contribution >= 4 is 11.8 Å². The van der Waals surface area contributed by atoms with Gasteiger partial charge in [0, 0.05) is 16.8 Å². The lowest BCUT2D eigenvalue weighted by Gasteiger charge is -2.31. The molecular weight excluding hydrogens is 218 g/mol. The summed E-state index contributed by atoms with van der Waals surface area (Å²) in [6.07, 6.45) is 3.61. The summed E-state index contributed by atoms with van der Waals surface area (Å²) in [5.74, 6) is 1.97. The molecule has 16 heavy (non-hydrogen) atoms. The van der Waals surface area contributed by atoms with Crippen LogP contribution in [0, 0.1) is 5.92 Å². The Balaban J connectivity index is 2.29. The van der Waals surface area contributed by atoms with Gasteiger partial charge in [-0.15, -0.1) is 0 Å². The van der Waals surface area contributed by atoms with Crippen LogP contribution in [-0.4, -0.2) is 34.3 Å². The highest BCUT2D eigenvalue weighted by atomic mass is 32.2. The molecule has 0 saturated heterocycles. The fourth-order valence-electron chi connectivity index (χ4n) is 1.94. The zero-order chi connectivity index (χ0) is 12.2. The van der Waals surface area contributed by atoms with Crippen molar-refractivity contribution in [3.8, 4) is 0 Å². The molecule has 1 fully saturated rings. The molecule has 2 nitrogen and oxygen atoms in total. The Bertz CT molecular complexity index is 206. The van der Waals surface area contributed by atoms with Gasteiger partial charge in [-0.05, 0) is 37.9 Å². The van der Waals surface area contributed by atoms with Gasteiger partial charge >= 0.3 is 0 Å². The molecule has 0 aromatic carbocycles. The molecule has 3 heteroatoms. The molecule has 0 radical (unpaired) electrons. The quantitative estimate of drug-likeness (QED) is 0.689. The first kappa shape index (κ1) is 14.3. The van der Waals surface area contributed by atoms with Gasteiger partial charge in [0.25, 0.3) is 0 Å². The molecule has 0 spiro atoms. The number of aliphatic hydroxyl groups is 1. The number of rotatable bonds is 8. The summed E-state index contributed by atoms with van der Waals surface area (Å²) in [4.78, 5) is 0. The van der Waals surface area contributed by atoms with Gasteiger partial charge in [0.05, 0.1) is 6.61 Å². The van der Waals surface area contributed by atoms with Crippen molar-refractivity contribution in [1.29, 1.82) is 0 Å². The Kier molecular flexibility index (Phi) is 5.62. The van der Waals surface area contributed by atoms with Crippen LogP contribution in [0.3, 0.4) is 0 Å². The normalized spacial score (nSPS) is 22.1. The average Bonchev–Trinajstić information content (AvgIpc) is 2.98. The van der Waals surface area contributed by atoms with Gasteiger partial charge in [-0.1, -0.05) is 20.8 Å². The molecule has 0 amide bonds. The third-order valence-electron chi connectivity index (χ3n) is 2.93. The summed E-state index contributed by atoms with van der Waals surface area (Å²) in [6.45, 7) is 9.18. The van der Waals surface area contributed by atoms with Crippen molar-refractivity contribution in [3.05, 3.63) is 0 Å². The third kappa shape index (κ3) is 5.55. The van der Waals surface area contributed by atoms with E-state index in [1.54, 1.807) is 0 Å². The highest BCUT2D eigenvalue weighted by molar-refractivity contribution is 7.99. The van der Waals surface area contributed by atoms with E-state index in [1.165, 1.54) is 18.6 Å². The zero-order valence-electron chi connectivity index (χ0n) is 11.1. The smallest absolute Gasteiger partial charge is 0.0611 e. The number of hydrogen-bond donors (Lipinski definition) is 2. The molecule has 2 unspecified atom stereocenters. The Morgan fingerprint density at radius 2 is 2.00 bits per heavy atom. The molecule has 0 aromatic heterocycles. The monoisotopic (exact) mass is 245 g/mol. The Morgan fingerprint density at radius 3 is 2.44 bits per heavy atom. The van der Waals surface area contributed by atoms with Crippen LogP contribution in [0.2, 0.25) is 0 Å². The Labute approximate surface area is 105 Å². The largest absolute Gasteiger partial charge is 0.394 e. The summed E-state index contributed by atoms with van der Waals surface area (Å²) in [5.41, 5.74) is -0.0788. The van der Waals surface area contributed by atoms with Gasteiger partial charge in [-0.3, -0.25) is 0 Å². The van der Waals surface area contributed by atoms with E-state index in [9.17, 15) is 5.11 Å². The number of thioether (sulfide) groups is 1. The maximum absolute atomic E-state index is 9.52. The third-order valence-corrected chi connectivity index (χ3v) is 4.53. The van der Waals surface area contributed by atoms with Crippen LogP contribution in [-0.2, 0) is 0 Å². The fourth-order valence-corrected chi connectivity index (χ4v) is 3.14. The lowest BCUT2D eigenvalue weighted by atomic mass is 9.97. The first-order valence-corrected chi connectivity index (χ1v) is 7.50. The summed E-state index contributed by atoms with van der Waals surface area (Å²) < 4.78 is 0. The van der Waals surface area contributed by atoms with E-state index in [1.807, 2.05) is 11.8 Å². The van der Waals surface area contributed by atoms with Gasteiger partial charge in [0.15, 0.2) is 0 Å². The molecule has 2 N–H and O–H groups in total. The van der Waals surface area contributed by atoms with E-state index < -0.39 is 0 Å². The van der Waals surface area contributed by atoms with E-state index >= 15 is 0 Å². The lowest BCUT2D eigenvalue weighted by Crippen LogP contribution is -2.48. The fraction of sp³-hybridized carbons (Fsp3) is 1.00. The minimum atomic E-state index is -0.0788. The number of nitrogens with one attached hydrogen (secondary N) is 1. The molecular formula is C13H27NOS. The van der Waals surface area contributed by atoms with Gasteiger partial charge < -0.3 is 10.4 Å². The number of aliphatic hydroxyl groups excluding tert-OH is 1. The maximum atomic E-state index is 9.52. The summed E-state index contributed by atoms with van der Waals surface area (Å²) >= 11 is 2.02. The second kappa shape index (κ2) is 6.27. The van der Waals surface area contributed by atoms with E-state index in [4.69, 9.17) is 0 Å². The van der Waals surface area contributed by atoms with Crippen LogP contribution >= 0.6 is 11.8 Å². The van der Waals surface area contributed by atoms with Crippen molar-refractivity contribution in [1.82, 2.24) is 5.32 Å². The first-order chi connectivity index (χ1) is 7.45. The summed E-state index contributed by atoms with van der Waals surface area (Å²) in [7, 11) is 0. The second-order valence-electron chi connectivity index (χ2n) is 5.88. The van der Waals surface area contributed by atoms with Gasteiger partial charge in [0.1, 0.15) is 0 Å². The highest BCUT2D eigenvalue weighted by Crippen LogP contribution is 2.28. The lowest BCUT2D eigenvalue weighted by molar-refractivity contribution is 0.164. The molecule has 2 atom stereocenters. The molecule has 1 rings (SSSR count). The van der Waals surface area contributed by atoms with Crippen molar-refractivity contribution in [2.45, 2.75) is 63.8 Å². The van der Waals surface area contributed by atoms with Gasteiger partial charge in [-0.2, -0.15) is 11.8 Å². The molecule has 0 aliphatic heterocycles. The molecule has 1 aliphatic carbocycles. The van der Waals surface area contributed by atoms with Gasteiger partial charge in [0.2, 0.25) is 0 Å². The predicted octanol–water partition coefficient (Wildman–Crippen LogP) is 2.66. The van der Waals surface area contributed by atoms with E-state index in [2.05, 4.69) is 33.0 Å². The van der Waals surface area contributed by atoms with Crippen molar-refractivity contribution < 1.29 is 5.11 Å². The van der Waals surface area contributed by atoms with Crippen LogP contribution in [0.4, 0.5) is 0 Å². The number of hydrogen-bond acceptors (Lipinski definition) is 3. The highest BCUT2D eigenvalue weighted by Gasteiger charge is 2.33. The molecule has 96 valence electrons. The SMILES string of the molecule is CC(C)CSC(C)CC(C)(CO)NC1CC1. The molecule has 1 aliphatic rings. The standard InChI is InChI=1S/C13H27NOS/c1-10(2)8-16-11(3)7-13(4,9-15)14-12-5-6-12/h10-12,14-15H,5-9H2,1-4H3. The van der Waals surface area contributed by atoms with Crippen molar-refractivity contribution in [3.63, 3.8) is 0 Å². The Morgan fingerprint density at radius 1 is 1.38 bits per heavy atom. The molecule has 0 bridgehead atoms. The van der Waals surface area contributed by atoms with Crippen molar-refractivity contribution in [2.75, 3.05) is 12.4 Å². The summed E-state index contributed by atoms with van der Waals surface area (Å²) in [6, 6.07) is 0.666. The zero-order valence-corrected chi connectivity index (χ0v) is 11.9. The first-order valence-electron chi connectivity index (χ1n) is 6.45. The minimum absolute atomic E-state index is 0.0788. The molecule has 0 heterocycles. The van der Waals surface area contributed by atoms with Crippen LogP contribution < -0.4 is 5.32 Å². The second-order valence-corrected chi connectivity index (χ2v) is 7.35. The molecule has 1 saturated carbocycles. The van der Waals surface area contributed by atoms with Gasteiger partial charge in [-0.25, -0.2) is 0 Å².